The fourth-order valence-corrected chi connectivity index (χ4v) is 4.95. The van der Waals surface area contributed by atoms with Gasteiger partial charge in [-0.2, -0.15) is 0 Å². The van der Waals surface area contributed by atoms with Crippen LogP contribution in [0, 0.1) is 5.82 Å². The maximum atomic E-state index is 13.8. The number of hydrogen-bond acceptors (Lipinski definition) is 5. The standard InChI is InChI=1S/C27H19ClFN3O2S/c1-2-20(21-10-9-19(29)14-22(21)28)26(18-8-11-24-23(13-18)30-15-35-24)17-6-3-16(4-7-17)5-12-25-31-27(33)34-32-25/h3-15H,2H2,1H3,(H,31,32,33). The van der Waals surface area contributed by atoms with E-state index >= 15 is 0 Å². The van der Waals surface area contributed by atoms with Crippen molar-refractivity contribution in [1.82, 2.24) is 15.1 Å². The Morgan fingerprint density at radius 3 is 2.60 bits per heavy atom. The SMILES string of the molecule is CCC(=C(c1ccc(C=Cc2noc(=O)[nH]2)cc1)c1ccc2scnc2c1)c1ccc(F)cc1Cl. The number of allylic oxidation sites excluding steroid dienone is 1. The lowest BCUT2D eigenvalue weighted by Crippen LogP contribution is -1.96. The molecule has 0 saturated heterocycles. The van der Waals surface area contributed by atoms with Crippen molar-refractivity contribution in [3.63, 3.8) is 0 Å². The molecule has 5 nitrogen and oxygen atoms in total. The lowest BCUT2D eigenvalue weighted by molar-refractivity contribution is 0.385. The first-order chi connectivity index (χ1) is 17.0. The van der Waals surface area contributed by atoms with Gasteiger partial charge in [0.2, 0.25) is 0 Å². The van der Waals surface area contributed by atoms with Crippen molar-refractivity contribution < 1.29 is 8.91 Å². The molecule has 0 radical (unpaired) electrons. The Morgan fingerprint density at radius 1 is 1.09 bits per heavy atom. The molecule has 1 N–H and O–H groups in total. The van der Waals surface area contributed by atoms with Crippen LogP contribution in [0.4, 0.5) is 4.39 Å². The minimum atomic E-state index is -0.599. The van der Waals surface area contributed by atoms with E-state index in [1.165, 1.54) is 12.1 Å². The molecule has 5 aromatic rings. The number of aromatic amines is 1. The highest BCUT2D eigenvalue weighted by molar-refractivity contribution is 7.16. The first-order valence-corrected chi connectivity index (χ1v) is 12.1. The van der Waals surface area contributed by atoms with E-state index < -0.39 is 5.76 Å². The number of nitrogens with one attached hydrogen (secondary N) is 1. The van der Waals surface area contributed by atoms with Crippen molar-refractivity contribution in [2.75, 3.05) is 0 Å². The molecule has 0 aliphatic rings. The summed E-state index contributed by atoms with van der Waals surface area (Å²) in [6.45, 7) is 2.06. The summed E-state index contributed by atoms with van der Waals surface area (Å²) in [7, 11) is 0. The van der Waals surface area contributed by atoms with Gasteiger partial charge in [0.15, 0.2) is 5.82 Å². The van der Waals surface area contributed by atoms with Gasteiger partial charge in [0.05, 0.1) is 20.7 Å². The molecule has 0 amide bonds. The smallest absolute Gasteiger partial charge is 0.296 e. The van der Waals surface area contributed by atoms with Crippen LogP contribution in [0.5, 0.6) is 0 Å². The highest BCUT2D eigenvalue weighted by Crippen LogP contribution is 2.38. The summed E-state index contributed by atoms with van der Waals surface area (Å²) in [5, 5.41) is 4.01. The summed E-state index contributed by atoms with van der Waals surface area (Å²) in [5.41, 5.74) is 8.48. The van der Waals surface area contributed by atoms with Gasteiger partial charge in [-0.25, -0.2) is 14.2 Å². The van der Waals surface area contributed by atoms with Gasteiger partial charge in [0, 0.05) is 0 Å². The Labute approximate surface area is 209 Å². The van der Waals surface area contributed by atoms with Crippen molar-refractivity contribution in [1.29, 1.82) is 0 Å². The van der Waals surface area contributed by atoms with Gasteiger partial charge in [-0.05, 0) is 70.2 Å². The van der Waals surface area contributed by atoms with E-state index in [0.29, 0.717) is 17.3 Å². The van der Waals surface area contributed by atoms with E-state index in [-0.39, 0.29) is 5.82 Å². The van der Waals surface area contributed by atoms with Crippen molar-refractivity contribution in [2.24, 2.45) is 0 Å². The van der Waals surface area contributed by atoms with Crippen LogP contribution in [0.25, 0.3) is 33.5 Å². The van der Waals surface area contributed by atoms with Crippen molar-refractivity contribution in [3.8, 4) is 0 Å². The summed E-state index contributed by atoms with van der Waals surface area (Å²) in [4.78, 5) is 18.1. The van der Waals surface area contributed by atoms with Gasteiger partial charge in [-0.3, -0.25) is 9.51 Å². The molecule has 0 atom stereocenters. The summed E-state index contributed by atoms with van der Waals surface area (Å²) in [6, 6.07) is 18.7. The predicted octanol–water partition coefficient (Wildman–Crippen LogP) is 7.30. The van der Waals surface area contributed by atoms with Gasteiger partial charge in [0.25, 0.3) is 0 Å². The highest BCUT2D eigenvalue weighted by atomic mass is 35.5. The molecule has 0 aliphatic heterocycles. The zero-order chi connectivity index (χ0) is 24.4. The average molecular weight is 504 g/mol. The number of H-pyrrole nitrogens is 1. The van der Waals surface area contributed by atoms with Crippen molar-refractivity contribution >= 4 is 56.5 Å². The van der Waals surface area contributed by atoms with Crippen molar-refractivity contribution in [2.45, 2.75) is 13.3 Å². The Hall–Kier alpha value is -3.81. The maximum Gasteiger partial charge on any atom is 0.439 e. The Balaban J connectivity index is 1.63. The van der Waals surface area contributed by atoms with E-state index in [2.05, 4.69) is 44.8 Å². The van der Waals surface area contributed by atoms with Crippen LogP contribution in [-0.2, 0) is 0 Å². The van der Waals surface area contributed by atoms with E-state index in [9.17, 15) is 9.18 Å². The lowest BCUT2D eigenvalue weighted by atomic mass is 9.87. The van der Waals surface area contributed by atoms with Gasteiger partial charge in [-0.15, -0.1) is 11.3 Å². The Morgan fingerprint density at radius 2 is 1.89 bits per heavy atom. The van der Waals surface area contributed by atoms with Gasteiger partial charge in [-0.1, -0.05) is 66.2 Å². The lowest BCUT2D eigenvalue weighted by Gasteiger charge is -2.17. The Bertz CT molecular complexity index is 1630. The van der Waals surface area contributed by atoms with E-state index in [4.69, 9.17) is 11.6 Å². The molecule has 35 heavy (non-hydrogen) atoms. The topological polar surface area (TPSA) is 71.8 Å². The molecule has 0 fully saturated rings. The van der Waals surface area contributed by atoms with E-state index in [1.54, 1.807) is 23.5 Å². The molecule has 0 bridgehead atoms. The average Bonchev–Trinajstić information content (AvgIpc) is 3.50. The Kier molecular flexibility index (Phi) is 6.44. The predicted molar refractivity (Wildman–Crippen MR) is 140 cm³/mol. The molecule has 2 heterocycles. The number of benzene rings is 3. The maximum absolute atomic E-state index is 13.8. The first-order valence-electron chi connectivity index (χ1n) is 10.9. The summed E-state index contributed by atoms with van der Waals surface area (Å²) in [6.07, 6.45) is 4.19. The monoisotopic (exact) mass is 503 g/mol. The molecule has 0 unspecified atom stereocenters. The zero-order valence-electron chi connectivity index (χ0n) is 18.6. The van der Waals surface area contributed by atoms with E-state index in [0.717, 1.165) is 43.6 Å². The highest BCUT2D eigenvalue weighted by Gasteiger charge is 2.16. The first kappa shape index (κ1) is 23.0. The second-order valence-corrected chi connectivity index (χ2v) is 9.10. The van der Waals surface area contributed by atoms with Gasteiger partial charge in [0.1, 0.15) is 5.82 Å². The minimum Gasteiger partial charge on any atom is -0.296 e. The van der Waals surface area contributed by atoms with Crippen molar-refractivity contribution in [3.05, 3.63) is 116 Å². The molecule has 3 aromatic carbocycles. The van der Waals surface area contributed by atoms with Crippen LogP contribution in [0.15, 0.2) is 75.5 Å². The third-order valence-corrected chi connectivity index (χ3v) is 6.74. The molecule has 0 aliphatic carbocycles. The van der Waals surface area contributed by atoms with Crippen LogP contribution in [-0.4, -0.2) is 15.1 Å². The molecule has 5 rings (SSSR count). The molecule has 2 aromatic heterocycles. The molecule has 0 saturated carbocycles. The second-order valence-electron chi connectivity index (χ2n) is 7.80. The molecule has 0 spiro atoms. The van der Waals surface area contributed by atoms with Crippen LogP contribution in [0.1, 0.15) is 41.4 Å². The second kappa shape index (κ2) is 9.82. The quantitative estimate of drug-likeness (QED) is 0.247. The minimum absolute atomic E-state index is 0.343. The number of nitrogens with zero attached hydrogens (tertiary/aromatic N) is 2. The third-order valence-electron chi connectivity index (χ3n) is 5.62. The number of fused-ring (bicyclic) bond motifs is 1. The third kappa shape index (κ3) is 4.87. The number of thiazole rings is 1. The fourth-order valence-electron chi connectivity index (χ4n) is 4.01. The fraction of sp³-hybridized carbons (Fsp3) is 0.0741. The van der Waals surface area contributed by atoms with Gasteiger partial charge >= 0.3 is 5.76 Å². The summed E-state index contributed by atoms with van der Waals surface area (Å²) >= 11 is 8.09. The summed E-state index contributed by atoms with van der Waals surface area (Å²) in [5.74, 6) is -0.627. The van der Waals surface area contributed by atoms with Crippen LogP contribution in [0.2, 0.25) is 5.02 Å². The van der Waals surface area contributed by atoms with E-state index in [1.807, 2.05) is 35.9 Å². The summed E-state index contributed by atoms with van der Waals surface area (Å²) < 4.78 is 19.4. The number of aromatic nitrogens is 3. The molecular formula is C27H19ClFN3O2S. The largest absolute Gasteiger partial charge is 0.439 e. The number of halogens is 2. The van der Waals surface area contributed by atoms with Gasteiger partial charge < -0.3 is 0 Å². The molecule has 8 heteroatoms. The number of hydrogen-bond donors (Lipinski definition) is 1. The normalized spacial score (nSPS) is 12.4. The van der Waals surface area contributed by atoms with Crippen LogP contribution < -0.4 is 5.76 Å². The molecule has 174 valence electrons. The molecular weight excluding hydrogens is 485 g/mol. The zero-order valence-corrected chi connectivity index (χ0v) is 20.2. The van der Waals surface area contributed by atoms with Crippen LogP contribution in [0.3, 0.4) is 0 Å². The van der Waals surface area contributed by atoms with Crippen LogP contribution >= 0.6 is 22.9 Å². The number of rotatable bonds is 6.